The number of morpholine rings is 1. The highest BCUT2D eigenvalue weighted by Gasteiger charge is 2.16. The monoisotopic (exact) mass is 349 g/mol. The van der Waals surface area contributed by atoms with E-state index in [0.717, 1.165) is 13.1 Å². The molecule has 0 saturated carbocycles. The van der Waals surface area contributed by atoms with Gasteiger partial charge < -0.3 is 23.8 Å². The molecule has 1 fully saturated rings. The first-order valence-corrected chi connectivity index (χ1v) is 8.32. The molecule has 1 aliphatic rings. The zero-order chi connectivity index (χ0) is 17.5. The van der Waals surface area contributed by atoms with Crippen LogP contribution in [-0.4, -0.2) is 65.7 Å². The maximum absolute atomic E-state index is 10.2. The van der Waals surface area contributed by atoms with Gasteiger partial charge in [-0.25, -0.2) is 0 Å². The summed E-state index contributed by atoms with van der Waals surface area (Å²) >= 11 is 0. The quantitative estimate of drug-likeness (QED) is 0.756. The van der Waals surface area contributed by atoms with Crippen molar-refractivity contribution in [1.82, 2.24) is 15.0 Å². The zero-order valence-corrected chi connectivity index (χ0v) is 14.3. The highest BCUT2D eigenvalue weighted by Crippen LogP contribution is 2.27. The molecule has 8 nitrogen and oxygen atoms in total. The number of aliphatic hydroxyl groups is 1. The first-order valence-electron chi connectivity index (χ1n) is 8.32. The molecule has 1 aliphatic heterocycles. The number of nitrogens with zero attached hydrogens (tertiary/aromatic N) is 3. The van der Waals surface area contributed by atoms with Gasteiger partial charge in [0.2, 0.25) is 0 Å². The van der Waals surface area contributed by atoms with E-state index < -0.39 is 6.10 Å². The van der Waals surface area contributed by atoms with Crippen LogP contribution in [0.15, 0.2) is 28.8 Å². The highest BCUT2D eigenvalue weighted by molar-refractivity contribution is 5.39. The van der Waals surface area contributed by atoms with E-state index in [4.69, 9.17) is 18.7 Å². The molecule has 136 valence electrons. The number of aryl methyl sites for hydroxylation is 1. The van der Waals surface area contributed by atoms with Crippen LogP contribution in [-0.2, 0) is 11.3 Å². The van der Waals surface area contributed by atoms with Crippen molar-refractivity contribution in [2.75, 3.05) is 39.5 Å². The van der Waals surface area contributed by atoms with Crippen molar-refractivity contribution in [2.45, 2.75) is 19.6 Å². The maximum Gasteiger partial charge on any atom is 0.264 e. The van der Waals surface area contributed by atoms with Gasteiger partial charge in [-0.1, -0.05) is 17.3 Å². The Balaban J connectivity index is 1.49. The molecular formula is C17H23N3O5. The molecule has 1 N–H and O–H groups in total. The second-order valence-electron chi connectivity index (χ2n) is 5.85. The summed E-state index contributed by atoms with van der Waals surface area (Å²) in [4.78, 5) is 6.26. The molecule has 0 aliphatic carbocycles. The van der Waals surface area contributed by atoms with Crippen molar-refractivity contribution >= 4 is 0 Å². The predicted molar refractivity (Wildman–Crippen MR) is 88.6 cm³/mol. The third-order valence-corrected chi connectivity index (χ3v) is 3.77. The number of para-hydroxylation sites is 2. The minimum absolute atomic E-state index is 0.164. The van der Waals surface area contributed by atoms with E-state index in [9.17, 15) is 5.11 Å². The predicted octanol–water partition coefficient (Wildman–Crippen LogP) is 1.03. The van der Waals surface area contributed by atoms with E-state index in [1.165, 1.54) is 0 Å². The SMILES string of the molecule is Cc1noc(COc2ccccc2OCC(O)CN2CCOCC2)n1. The Labute approximate surface area is 146 Å². The number of hydrogen-bond acceptors (Lipinski definition) is 8. The van der Waals surface area contributed by atoms with Gasteiger partial charge >= 0.3 is 0 Å². The molecule has 1 aromatic carbocycles. The molecular weight excluding hydrogens is 326 g/mol. The molecule has 1 unspecified atom stereocenters. The van der Waals surface area contributed by atoms with Gasteiger partial charge in [0, 0.05) is 19.6 Å². The number of ether oxygens (including phenoxy) is 3. The van der Waals surface area contributed by atoms with E-state index >= 15 is 0 Å². The van der Waals surface area contributed by atoms with Crippen LogP contribution in [0.2, 0.25) is 0 Å². The Morgan fingerprint density at radius 3 is 2.60 bits per heavy atom. The summed E-state index contributed by atoms with van der Waals surface area (Å²) in [6, 6.07) is 7.31. The van der Waals surface area contributed by atoms with Crippen LogP contribution in [0.1, 0.15) is 11.7 Å². The lowest BCUT2D eigenvalue weighted by Crippen LogP contribution is -2.42. The van der Waals surface area contributed by atoms with Gasteiger partial charge in [-0.05, 0) is 19.1 Å². The fraction of sp³-hybridized carbons (Fsp3) is 0.529. The molecule has 0 spiro atoms. The van der Waals surface area contributed by atoms with E-state index in [2.05, 4.69) is 15.0 Å². The smallest absolute Gasteiger partial charge is 0.264 e. The largest absolute Gasteiger partial charge is 0.487 e. The van der Waals surface area contributed by atoms with E-state index in [1.54, 1.807) is 19.1 Å². The van der Waals surface area contributed by atoms with Crippen molar-refractivity contribution in [2.24, 2.45) is 0 Å². The summed E-state index contributed by atoms with van der Waals surface area (Å²) in [5.74, 6) is 2.10. The first-order chi connectivity index (χ1) is 12.2. The molecule has 0 radical (unpaired) electrons. The number of aromatic nitrogens is 2. The minimum atomic E-state index is -0.579. The second kappa shape index (κ2) is 8.80. The van der Waals surface area contributed by atoms with Gasteiger partial charge in [0.1, 0.15) is 12.7 Å². The number of hydrogen-bond donors (Lipinski definition) is 1. The summed E-state index contributed by atoms with van der Waals surface area (Å²) in [7, 11) is 0. The Kier molecular flexibility index (Phi) is 6.21. The van der Waals surface area contributed by atoms with E-state index in [-0.39, 0.29) is 13.2 Å². The summed E-state index contributed by atoms with van der Waals surface area (Å²) in [6.45, 7) is 5.75. The summed E-state index contributed by atoms with van der Waals surface area (Å²) in [6.07, 6.45) is -0.579. The van der Waals surface area contributed by atoms with Crippen LogP contribution in [0, 0.1) is 6.92 Å². The molecule has 1 saturated heterocycles. The standard InChI is InChI=1S/C17H23N3O5/c1-13-18-17(25-19-13)12-24-16-5-3-2-4-15(16)23-11-14(21)10-20-6-8-22-9-7-20/h2-5,14,21H,6-12H2,1H3. The van der Waals surface area contributed by atoms with Crippen LogP contribution in [0.25, 0.3) is 0 Å². The van der Waals surface area contributed by atoms with Gasteiger partial charge in [-0.2, -0.15) is 4.98 Å². The number of aliphatic hydroxyl groups excluding tert-OH is 1. The average molecular weight is 349 g/mol. The number of β-amino-alcohol motifs (C(OH)–C–C–N with tert-alkyl or cyclic N) is 1. The third-order valence-electron chi connectivity index (χ3n) is 3.77. The van der Waals surface area contributed by atoms with Crippen molar-refractivity contribution in [3.63, 3.8) is 0 Å². The Morgan fingerprint density at radius 2 is 1.92 bits per heavy atom. The molecule has 1 aromatic heterocycles. The van der Waals surface area contributed by atoms with E-state index in [0.29, 0.717) is 43.0 Å². The maximum atomic E-state index is 10.2. The average Bonchev–Trinajstić information content (AvgIpc) is 3.05. The molecule has 25 heavy (non-hydrogen) atoms. The Bertz CT molecular complexity index is 657. The van der Waals surface area contributed by atoms with Gasteiger partial charge in [-0.15, -0.1) is 0 Å². The van der Waals surface area contributed by atoms with Crippen molar-refractivity contribution < 1.29 is 23.8 Å². The Morgan fingerprint density at radius 1 is 1.20 bits per heavy atom. The minimum Gasteiger partial charge on any atom is -0.487 e. The summed E-state index contributed by atoms with van der Waals surface area (Å²) in [5.41, 5.74) is 0. The third kappa shape index (κ3) is 5.42. The molecule has 0 bridgehead atoms. The normalized spacial score (nSPS) is 16.6. The van der Waals surface area contributed by atoms with Crippen molar-refractivity contribution in [3.8, 4) is 11.5 Å². The van der Waals surface area contributed by atoms with Gasteiger partial charge in [-0.3, -0.25) is 4.90 Å². The van der Waals surface area contributed by atoms with Gasteiger partial charge in [0.15, 0.2) is 23.9 Å². The van der Waals surface area contributed by atoms with E-state index in [1.807, 2.05) is 12.1 Å². The number of benzene rings is 1. The van der Waals surface area contributed by atoms with Crippen molar-refractivity contribution in [1.29, 1.82) is 0 Å². The van der Waals surface area contributed by atoms with Crippen LogP contribution in [0.3, 0.4) is 0 Å². The zero-order valence-electron chi connectivity index (χ0n) is 14.3. The fourth-order valence-electron chi connectivity index (χ4n) is 2.55. The molecule has 3 rings (SSSR count). The Hall–Kier alpha value is -2.16. The summed E-state index contributed by atoms with van der Waals surface area (Å²) in [5, 5.41) is 13.9. The lowest BCUT2D eigenvalue weighted by Gasteiger charge is -2.28. The van der Waals surface area contributed by atoms with Gasteiger partial charge in [0.05, 0.1) is 13.2 Å². The van der Waals surface area contributed by atoms with Crippen LogP contribution in [0.4, 0.5) is 0 Å². The molecule has 1 atom stereocenters. The second-order valence-corrected chi connectivity index (χ2v) is 5.85. The lowest BCUT2D eigenvalue weighted by atomic mass is 10.3. The van der Waals surface area contributed by atoms with Crippen LogP contribution >= 0.6 is 0 Å². The molecule has 0 amide bonds. The van der Waals surface area contributed by atoms with Gasteiger partial charge in [0.25, 0.3) is 5.89 Å². The lowest BCUT2D eigenvalue weighted by molar-refractivity contribution is 0.00436. The number of rotatable bonds is 8. The topological polar surface area (TPSA) is 90.1 Å². The van der Waals surface area contributed by atoms with Crippen LogP contribution in [0.5, 0.6) is 11.5 Å². The highest BCUT2D eigenvalue weighted by atomic mass is 16.5. The van der Waals surface area contributed by atoms with Crippen LogP contribution < -0.4 is 9.47 Å². The first kappa shape index (κ1) is 17.7. The molecule has 8 heteroatoms. The van der Waals surface area contributed by atoms with Crippen molar-refractivity contribution in [3.05, 3.63) is 36.0 Å². The molecule has 2 aromatic rings. The fourth-order valence-corrected chi connectivity index (χ4v) is 2.55. The summed E-state index contributed by atoms with van der Waals surface area (Å²) < 4.78 is 21.8. The molecule has 2 heterocycles.